The molecule has 0 bridgehead atoms. The number of rotatable bonds is 2. The van der Waals surface area contributed by atoms with Gasteiger partial charge in [0.15, 0.2) is 5.65 Å². The number of hydrogen-bond donors (Lipinski definition) is 1. The third kappa shape index (κ3) is 3.20. The van der Waals surface area contributed by atoms with Gasteiger partial charge in [0.25, 0.3) is 0 Å². The van der Waals surface area contributed by atoms with E-state index in [2.05, 4.69) is 56.4 Å². The summed E-state index contributed by atoms with van der Waals surface area (Å²) < 4.78 is 1.85. The molecule has 2 aromatic heterocycles. The highest BCUT2D eigenvalue weighted by molar-refractivity contribution is 5.89. The smallest absolute Gasteiger partial charge is 0.159 e. The van der Waals surface area contributed by atoms with Crippen molar-refractivity contribution < 1.29 is 0 Å². The Bertz CT molecular complexity index is 978. The summed E-state index contributed by atoms with van der Waals surface area (Å²) in [4.78, 5) is 9.46. The molecule has 1 aromatic carbocycles. The van der Waals surface area contributed by atoms with E-state index in [-0.39, 0.29) is 12.4 Å². The molecule has 6 nitrogen and oxygen atoms in total. The number of nitrogens with zero attached hydrogens (tertiary/aromatic N) is 5. The lowest BCUT2D eigenvalue weighted by atomic mass is 9.90. The monoisotopic (exact) mass is 398 g/mol. The first-order valence-corrected chi connectivity index (χ1v) is 9.81. The minimum Gasteiger partial charge on any atom is -0.369 e. The summed E-state index contributed by atoms with van der Waals surface area (Å²) in [6.07, 6.45) is 3.83. The summed E-state index contributed by atoms with van der Waals surface area (Å²) >= 11 is 0. The first-order valence-electron chi connectivity index (χ1n) is 9.81. The Kier molecular flexibility index (Phi) is 5.17. The summed E-state index contributed by atoms with van der Waals surface area (Å²) in [5.74, 6) is 0.497. The zero-order chi connectivity index (χ0) is 18.4. The van der Waals surface area contributed by atoms with Crippen LogP contribution in [0.5, 0.6) is 0 Å². The topological polar surface area (TPSA) is 49.2 Å². The number of halogens is 1. The van der Waals surface area contributed by atoms with Crippen LogP contribution in [-0.4, -0.2) is 47.5 Å². The maximum absolute atomic E-state index is 4.49. The molecule has 0 saturated carbocycles. The van der Waals surface area contributed by atoms with Crippen LogP contribution in [0.15, 0.2) is 36.7 Å². The Morgan fingerprint density at radius 1 is 1.11 bits per heavy atom. The number of nitrogens with one attached hydrogen (secondary N) is 1. The van der Waals surface area contributed by atoms with Crippen molar-refractivity contribution in [1.29, 1.82) is 0 Å². The number of fused-ring (bicyclic) bond motifs is 2. The second-order valence-electron chi connectivity index (χ2n) is 7.74. The van der Waals surface area contributed by atoms with Crippen molar-refractivity contribution in [3.05, 3.63) is 47.8 Å². The largest absolute Gasteiger partial charge is 0.369 e. The van der Waals surface area contributed by atoms with Crippen molar-refractivity contribution in [2.75, 3.05) is 42.5 Å². The van der Waals surface area contributed by atoms with Gasteiger partial charge in [0.1, 0.15) is 0 Å². The van der Waals surface area contributed by atoms with Crippen LogP contribution in [0.3, 0.4) is 0 Å². The summed E-state index contributed by atoms with van der Waals surface area (Å²) in [5.41, 5.74) is 6.48. The molecule has 148 valence electrons. The zero-order valence-electron chi connectivity index (χ0n) is 16.4. The summed E-state index contributed by atoms with van der Waals surface area (Å²) in [7, 11) is 1.95. The average Bonchev–Trinajstić information content (AvgIpc) is 3.09. The number of aromatic nitrogens is 3. The minimum absolute atomic E-state index is 0. The van der Waals surface area contributed by atoms with Crippen LogP contribution in [0.2, 0.25) is 0 Å². The SMILES string of the molecule is C[C@H]1CN(c2ccnc3c2cnn3C)Cc2ccc(N3CCNCC3)cc21.Cl. The van der Waals surface area contributed by atoms with Gasteiger partial charge in [-0.25, -0.2) is 4.98 Å². The molecule has 7 heteroatoms. The van der Waals surface area contributed by atoms with Crippen LogP contribution < -0.4 is 15.1 Å². The van der Waals surface area contributed by atoms with Crippen LogP contribution in [-0.2, 0) is 13.6 Å². The van der Waals surface area contributed by atoms with Gasteiger partial charge in [0, 0.05) is 58.2 Å². The molecular weight excluding hydrogens is 372 g/mol. The molecule has 5 rings (SSSR count). The third-order valence-corrected chi connectivity index (χ3v) is 5.95. The fourth-order valence-electron chi connectivity index (χ4n) is 4.50. The van der Waals surface area contributed by atoms with E-state index in [1.165, 1.54) is 22.5 Å². The normalized spacial score (nSPS) is 19.4. The van der Waals surface area contributed by atoms with Gasteiger partial charge in [-0.3, -0.25) is 4.68 Å². The van der Waals surface area contributed by atoms with Gasteiger partial charge in [-0.2, -0.15) is 5.10 Å². The van der Waals surface area contributed by atoms with E-state index in [9.17, 15) is 0 Å². The second kappa shape index (κ2) is 7.60. The number of benzene rings is 1. The fraction of sp³-hybridized carbons (Fsp3) is 0.429. The lowest BCUT2D eigenvalue weighted by molar-refractivity contribution is 0.587. The molecule has 0 unspecified atom stereocenters. The number of piperazine rings is 1. The Labute approximate surface area is 171 Å². The molecule has 2 aliphatic rings. The van der Waals surface area contributed by atoms with E-state index < -0.39 is 0 Å². The van der Waals surface area contributed by atoms with Gasteiger partial charge in [-0.05, 0) is 35.2 Å². The predicted octanol–water partition coefficient (Wildman–Crippen LogP) is 2.92. The number of anilines is 2. The number of pyridine rings is 1. The number of aryl methyl sites for hydroxylation is 1. The van der Waals surface area contributed by atoms with Crippen molar-refractivity contribution in [2.45, 2.75) is 19.4 Å². The van der Waals surface area contributed by atoms with Gasteiger partial charge >= 0.3 is 0 Å². The van der Waals surface area contributed by atoms with Gasteiger partial charge in [0.2, 0.25) is 0 Å². The molecule has 2 aliphatic heterocycles. The zero-order valence-corrected chi connectivity index (χ0v) is 17.2. The van der Waals surface area contributed by atoms with E-state index in [0.29, 0.717) is 5.92 Å². The van der Waals surface area contributed by atoms with Crippen LogP contribution in [0.1, 0.15) is 24.0 Å². The van der Waals surface area contributed by atoms with Crippen molar-refractivity contribution in [3.8, 4) is 0 Å². The summed E-state index contributed by atoms with van der Waals surface area (Å²) in [5, 5.41) is 8.96. The summed E-state index contributed by atoms with van der Waals surface area (Å²) in [6, 6.07) is 9.18. The molecule has 1 saturated heterocycles. The molecule has 28 heavy (non-hydrogen) atoms. The van der Waals surface area contributed by atoms with Crippen molar-refractivity contribution in [1.82, 2.24) is 20.1 Å². The van der Waals surface area contributed by atoms with E-state index >= 15 is 0 Å². The average molecular weight is 399 g/mol. The Hall–Kier alpha value is -2.31. The molecule has 0 radical (unpaired) electrons. The maximum Gasteiger partial charge on any atom is 0.159 e. The summed E-state index contributed by atoms with van der Waals surface area (Å²) in [6.45, 7) is 8.63. The molecule has 1 atom stereocenters. The quantitative estimate of drug-likeness (QED) is 0.719. The molecule has 1 N–H and O–H groups in total. The van der Waals surface area contributed by atoms with E-state index in [1.54, 1.807) is 0 Å². The standard InChI is InChI=1S/C21H26N6.ClH/c1-15-13-27(20-5-6-23-21-19(20)12-24-25(21)2)14-16-3-4-17(11-18(15)16)26-9-7-22-8-10-26;/h3-6,11-12,15,22H,7-10,13-14H2,1-2H3;1H/t15-;/m0./s1. The van der Waals surface area contributed by atoms with E-state index in [1.807, 2.05) is 24.1 Å². The van der Waals surface area contributed by atoms with Crippen LogP contribution in [0.25, 0.3) is 11.0 Å². The van der Waals surface area contributed by atoms with Gasteiger partial charge in [0.05, 0.1) is 17.3 Å². The molecule has 4 heterocycles. The molecule has 1 fully saturated rings. The van der Waals surface area contributed by atoms with Gasteiger partial charge in [-0.1, -0.05) is 13.0 Å². The molecule has 0 amide bonds. The van der Waals surface area contributed by atoms with Crippen LogP contribution in [0, 0.1) is 0 Å². The molecule has 0 spiro atoms. The van der Waals surface area contributed by atoms with Crippen molar-refractivity contribution >= 4 is 34.8 Å². The Morgan fingerprint density at radius 2 is 1.93 bits per heavy atom. The second-order valence-corrected chi connectivity index (χ2v) is 7.74. The minimum atomic E-state index is 0. The molecule has 0 aliphatic carbocycles. The van der Waals surface area contributed by atoms with Crippen LogP contribution in [0.4, 0.5) is 11.4 Å². The lowest BCUT2D eigenvalue weighted by Crippen LogP contribution is -2.43. The Balaban J connectivity index is 0.00000192. The highest BCUT2D eigenvalue weighted by Crippen LogP contribution is 2.36. The first-order chi connectivity index (χ1) is 13.2. The third-order valence-electron chi connectivity index (χ3n) is 5.95. The van der Waals surface area contributed by atoms with Gasteiger partial charge in [-0.15, -0.1) is 12.4 Å². The predicted molar refractivity (Wildman–Crippen MR) is 117 cm³/mol. The van der Waals surface area contributed by atoms with Crippen LogP contribution >= 0.6 is 12.4 Å². The van der Waals surface area contributed by atoms with Crippen molar-refractivity contribution in [3.63, 3.8) is 0 Å². The fourth-order valence-corrected chi connectivity index (χ4v) is 4.50. The lowest BCUT2D eigenvalue weighted by Gasteiger charge is -2.36. The van der Waals surface area contributed by atoms with Gasteiger partial charge < -0.3 is 15.1 Å². The van der Waals surface area contributed by atoms with E-state index in [4.69, 9.17) is 0 Å². The molecular formula is C21H27ClN6. The molecule has 3 aromatic rings. The van der Waals surface area contributed by atoms with E-state index in [0.717, 1.165) is 50.3 Å². The highest BCUT2D eigenvalue weighted by atomic mass is 35.5. The number of hydrogen-bond acceptors (Lipinski definition) is 5. The van der Waals surface area contributed by atoms with Crippen molar-refractivity contribution in [2.24, 2.45) is 7.05 Å². The highest BCUT2D eigenvalue weighted by Gasteiger charge is 2.25. The Morgan fingerprint density at radius 3 is 2.75 bits per heavy atom. The maximum atomic E-state index is 4.49. The first kappa shape index (κ1) is 19.0.